The van der Waals surface area contributed by atoms with Crippen LogP contribution in [0.2, 0.25) is 0 Å². The fourth-order valence-electron chi connectivity index (χ4n) is 3.21. The maximum atomic E-state index is 12.9. The molecule has 7 nitrogen and oxygen atoms in total. The van der Waals surface area contributed by atoms with Gasteiger partial charge in [-0.15, -0.1) is 0 Å². The lowest BCUT2D eigenvalue weighted by molar-refractivity contribution is -0.136. The second-order valence-electron chi connectivity index (χ2n) is 8.99. The molecule has 1 aromatic carbocycles. The van der Waals surface area contributed by atoms with Crippen molar-refractivity contribution in [1.29, 1.82) is 0 Å². The topological polar surface area (TPSA) is 76.5 Å². The molecule has 1 aliphatic rings. The van der Waals surface area contributed by atoms with Crippen LogP contribution in [-0.2, 0) is 19.7 Å². The van der Waals surface area contributed by atoms with Crippen LogP contribution in [0.5, 0.6) is 0 Å². The van der Waals surface area contributed by atoms with E-state index in [0.29, 0.717) is 19.0 Å². The first-order valence-corrected chi connectivity index (χ1v) is 10.4. The molecule has 0 aliphatic heterocycles. The predicted octanol–water partition coefficient (Wildman–Crippen LogP) is 3.30. The normalized spacial score (nSPS) is 13.9. The zero-order valence-corrected chi connectivity index (χ0v) is 18.6. The molecule has 0 radical (unpaired) electrons. The molecule has 1 fully saturated rings. The number of nitrogens with zero attached hydrogens (tertiary/aromatic N) is 3. The number of aryl methyl sites for hydroxylation is 1. The van der Waals surface area contributed by atoms with Crippen molar-refractivity contribution in [2.24, 2.45) is 5.92 Å². The molecule has 0 spiro atoms. The molecule has 3 rings (SSSR count). The molecule has 0 bridgehead atoms. The SMILES string of the molecule is COCCN(CC(=O)Nc1cc(C(C)(C)C)nn1-c1cccc(C)c1)C(=O)C1CC1. The molecular formula is C23H32N4O3. The number of amides is 2. The number of nitrogens with one attached hydrogen (secondary N) is 1. The third-order valence-corrected chi connectivity index (χ3v) is 5.13. The number of methoxy groups -OCH3 is 1. The molecule has 2 amide bonds. The number of hydrogen-bond acceptors (Lipinski definition) is 4. The molecule has 0 unspecified atom stereocenters. The third-order valence-electron chi connectivity index (χ3n) is 5.13. The van der Waals surface area contributed by atoms with Gasteiger partial charge in [-0.25, -0.2) is 4.68 Å². The van der Waals surface area contributed by atoms with E-state index in [9.17, 15) is 9.59 Å². The van der Waals surface area contributed by atoms with E-state index in [4.69, 9.17) is 9.84 Å². The summed E-state index contributed by atoms with van der Waals surface area (Å²) in [6.45, 7) is 9.09. The van der Waals surface area contributed by atoms with Gasteiger partial charge in [-0.1, -0.05) is 32.9 Å². The summed E-state index contributed by atoms with van der Waals surface area (Å²) in [7, 11) is 1.59. The van der Waals surface area contributed by atoms with Gasteiger partial charge >= 0.3 is 0 Å². The zero-order valence-electron chi connectivity index (χ0n) is 18.6. The van der Waals surface area contributed by atoms with Gasteiger partial charge in [0.05, 0.1) is 24.5 Å². The van der Waals surface area contributed by atoms with Gasteiger partial charge in [-0.05, 0) is 37.5 Å². The largest absolute Gasteiger partial charge is 0.383 e. The van der Waals surface area contributed by atoms with Gasteiger partial charge in [0.15, 0.2) is 0 Å². The first kappa shape index (κ1) is 22.0. The number of ether oxygens (including phenoxy) is 1. The van der Waals surface area contributed by atoms with Gasteiger partial charge in [-0.2, -0.15) is 5.10 Å². The third kappa shape index (κ3) is 5.48. The second kappa shape index (κ2) is 9.00. The van der Waals surface area contributed by atoms with Crippen LogP contribution in [0.1, 0.15) is 44.9 Å². The minimum Gasteiger partial charge on any atom is -0.383 e. The van der Waals surface area contributed by atoms with Crippen LogP contribution >= 0.6 is 0 Å². The Morgan fingerprint density at radius 2 is 2.00 bits per heavy atom. The average molecular weight is 413 g/mol. The number of hydrogen-bond donors (Lipinski definition) is 1. The van der Waals surface area contributed by atoms with Gasteiger partial charge in [0, 0.05) is 31.1 Å². The smallest absolute Gasteiger partial charge is 0.245 e. The summed E-state index contributed by atoms with van der Waals surface area (Å²) in [4.78, 5) is 27.0. The number of carbonyl (C=O) groups excluding carboxylic acids is 2. The van der Waals surface area contributed by atoms with Gasteiger partial charge < -0.3 is 15.0 Å². The number of anilines is 1. The first-order valence-electron chi connectivity index (χ1n) is 10.4. The molecule has 1 aliphatic carbocycles. The van der Waals surface area contributed by atoms with E-state index in [2.05, 4.69) is 26.1 Å². The molecule has 0 atom stereocenters. The maximum Gasteiger partial charge on any atom is 0.245 e. The van der Waals surface area contributed by atoms with Gasteiger partial charge in [0.1, 0.15) is 5.82 Å². The fraction of sp³-hybridized carbons (Fsp3) is 0.522. The number of carbonyl (C=O) groups is 2. The molecule has 2 aromatic rings. The highest BCUT2D eigenvalue weighted by atomic mass is 16.5. The van der Waals surface area contributed by atoms with Crippen molar-refractivity contribution in [2.45, 2.75) is 46.0 Å². The predicted molar refractivity (Wildman–Crippen MR) is 117 cm³/mol. The van der Waals surface area contributed by atoms with E-state index in [-0.39, 0.29) is 29.7 Å². The van der Waals surface area contributed by atoms with Gasteiger partial charge in [0.2, 0.25) is 11.8 Å². The molecule has 30 heavy (non-hydrogen) atoms. The number of benzene rings is 1. The Labute approximate surface area is 178 Å². The monoisotopic (exact) mass is 412 g/mol. The number of aromatic nitrogens is 2. The molecule has 1 saturated carbocycles. The second-order valence-corrected chi connectivity index (χ2v) is 8.99. The Morgan fingerprint density at radius 3 is 2.60 bits per heavy atom. The van der Waals surface area contributed by atoms with Crippen molar-refractivity contribution in [3.05, 3.63) is 41.6 Å². The van der Waals surface area contributed by atoms with Crippen molar-refractivity contribution < 1.29 is 14.3 Å². The van der Waals surface area contributed by atoms with Crippen molar-refractivity contribution >= 4 is 17.6 Å². The fourth-order valence-corrected chi connectivity index (χ4v) is 3.21. The van der Waals surface area contributed by atoms with Crippen LogP contribution in [0.25, 0.3) is 5.69 Å². The van der Waals surface area contributed by atoms with Crippen LogP contribution in [0, 0.1) is 12.8 Å². The Kier molecular flexibility index (Phi) is 6.61. The summed E-state index contributed by atoms with van der Waals surface area (Å²) in [5.41, 5.74) is 2.70. The molecule has 1 aromatic heterocycles. The van der Waals surface area contributed by atoms with Crippen molar-refractivity contribution in [3.63, 3.8) is 0 Å². The highest BCUT2D eigenvalue weighted by molar-refractivity contribution is 5.94. The van der Waals surface area contributed by atoms with Crippen LogP contribution in [0.3, 0.4) is 0 Å². The van der Waals surface area contributed by atoms with E-state index in [1.165, 1.54) is 0 Å². The summed E-state index contributed by atoms with van der Waals surface area (Å²) >= 11 is 0. The average Bonchev–Trinajstić information content (AvgIpc) is 3.44. The minimum absolute atomic E-state index is 0.00252. The lowest BCUT2D eigenvalue weighted by atomic mass is 9.92. The van der Waals surface area contributed by atoms with E-state index in [0.717, 1.165) is 29.8 Å². The summed E-state index contributed by atoms with van der Waals surface area (Å²) in [5.74, 6) is 0.445. The summed E-state index contributed by atoms with van der Waals surface area (Å²) < 4.78 is 6.87. The van der Waals surface area contributed by atoms with Crippen LogP contribution < -0.4 is 5.32 Å². The highest BCUT2D eigenvalue weighted by Gasteiger charge is 2.34. The van der Waals surface area contributed by atoms with Crippen molar-refractivity contribution in [1.82, 2.24) is 14.7 Å². The van der Waals surface area contributed by atoms with Crippen molar-refractivity contribution in [3.8, 4) is 5.69 Å². The molecule has 162 valence electrons. The van der Waals surface area contributed by atoms with Crippen LogP contribution in [0.4, 0.5) is 5.82 Å². The van der Waals surface area contributed by atoms with E-state index in [1.54, 1.807) is 16.7 Å². The van der Waals surface area contributed by atoms with E-state index in [1.807, 2.05) is 37.3 Å². The first-order chi connectivity index (χ1) is 14.2. The Bertz CT molecular complexity index is 909. The molecule has 1 heterocycles. The minimum atomic E-state index is -0.241. The van der Waals surface area contributed by atoms with Crippen LogP contribution in [0.15, 0.2) is 30.3 Å². The van der Waals surface area contributed by atoms with Crippen molar-refractivity contribution in [2.75, 3.05) is 32.1 Å². The van der Waals surface area contributed by atoms with E-state index < -0.39 is 0 Å². The lowest BCUT2D eigenvalue weighted by Gasteiger charge is -2.22. The Hall–Kier alpha value is -2.67. The summed E-state index contributed by atoms with van der Waals surface area (Å²) in [6.07, 6.45) is 1.80. The molecular weight excluding hydrogens is 380 g/mol. The van der Waals surface area contributed by atoms with Crippen LogP contribution in [-0.4, -0.2) is 53.3 Å². The lowest BCUT2D eigenvalue weighted by Crippen LogP contribution is -2.41. The van der Waals surface area contributed by atoms with E-state index >= 15 is 0 Å². The summed E-state index contributed by atoms with van der Waals surface area (Å²) in [6, 6.07) is 9.88. The zero-order chi connectivity index (χ0) is 21.9. The standard InChI is InChI=1S/C23H32N4O3/c1-16-7-6-8-18(13-16)27-20(14-19(25-27)23(2,3)4)24-21(28)15-26(11-12-30-5)22(29)17-9-10-17/h6-8,13-14,17H,9-12,15H2,1-5H3,(H,24,28). The molecule has 7 heteroatoms. The molecule has 0 saturated heterocycles. The van der Waals surface area contributed by atoms with Gasteiger partial charge in [0.25, 0.3) is 0 Å². The Morgan fingerprint density at radius 1 is 1.27 bits per heavy atom. The summed E-state index contributed by atoms with van der Waals surface area (Å²) in [5, 5.41) is 7.72. The highest BCUT2D eigenvalue weighted by Crippen LogP contribution is 2.31. The number of rotatable bonds is 8. The Balaban J connectivity index is 1.82. The van der Waals surface area contributed by atoms with Gasteiger partial charge in [-0.3, -0.25) is 9.59 Å². The quantitative estimate of drug-likeness (QED) is 0.722. The molecule has 1 N–H and O–H groups in total. The maximum absolute atomic E-state index is 12.9.